The molecule has 0 saturated carbocycles. The van der Waals surface area contributed by atoms with E-state index in [1.54, 1.807) is 24.4 Å². The highest BCUT2D eigenvalue weighted by molar-refractivity contribution is 6.31. The number of hydrogen-bond acceptors (Lipinski definition) is 5. The van der Waals surface area contributed by atoms with Gasteiger partial charge in [-0.3, -0.25) is 19.9 Å². The van der Waals surface area contributed by atoms with Crippen LogP contribution in [0.1, 0.15) is 40.3 Å². The smallest absolute Gasteiger partial charge is 0.329 e. The minimum atomic E-state index is -1.14. The van der Waals surface area contributed by atoms with Gasteiger partial charge in [0, 0.05) is 55.8 Å². The topological polar surface area (TPSA) is 90.7 Å². The van der Waals surface area contributed by atoms with Crippen molar-refractivity contribution in [3.63, 3.8) is 0 Å². The summed E-state index contributed by atoms with van der Waals surface area (Å²) in [6.45, 7) is 2.61. The van der Waals surface area contributed by atoms with E-state index in [-0.39, 0.29) is 22.9 Å². The van der Waals surface area contributed by atoms with Crippen molar-refractivity contribution in [3.8, 4) is 11.4 Å². The predicted octanol–water partition coefficient (Wildman–Crippen LogP) is 4.92. The average Bonchev–Trinajstić information content (AvgIpc) is 3.51. The number of imidazole rings is 1. The Labute approximate surface area is 235 Å². The maximum atomic E-state index is 14.3. The number of fused-ring (bicyclic) bond motifs is 1. The van der Waals surface area contributed by atoms with Crippen LogP contribution >= 0.6 is 11.6 Å². The molecule has 1 fully saturated rings. The second-order valence-electron chi connectivity index (χ2n) is 10.2. The summed E-state index contributed by atoms with van der Waals surface area (Å²) < 4.78 is 16.1. The average molecular weight is 560 g/mol. The van der Waals surface area contributed by atoms with Gasteiger partial charge in [-0.05, 0) is 40.5 Å². The molecule has 3 amide bonds. The molecule has 1 aromatic heterocycles. The highest BCUT2D eigenvalue weighted by Gasteiger charge is 2.28. The number of aliphatic hydroxyl groups excluding tert-OH is 1. The molecule has 0 aliphatic carbocycles. The number of nitrogens with one attached hydrogen (secondary N) is 1. The van der Waals surface area contributed by atoms with Crippen molar-refractivity contribution in [2.24, 2.45) is 7.05 Å². The van der Waals surface area contributed by atoms with Gasteiger partial charge in [0.25, 0.3) is 0 Å². The van der Waals surface area contributed by atoms with E-state index in [0.29, 0.717) is 17.9 Å². The first-order valence-electron chi connectivity index (χ1n) is 13.0. The zero-order chi connectivity index (χ0) is 28.0. The number of imide groups is 1. The fourth-order valence-corrected chi connectivity index (χ4v) is 5.69. The fraction of sp³-hybridized carbons (Fsp3) is 0.233. The van der Waals surface area contributed by atoms with Crippen LogP contribution in [0.2, 0.25) is 5.02 Å². The van der Waals surface area contributed by atoms with Gasteiger partial charge in [-0.15, -0.1) is 0 Å². The number of halogens is 2. The number of aliphatic hydroxyl groups is 1. The van der Waals surface area contributed by atoms with E-state index in [1.807, 2.05) is 29.8 Å². The Bertz CT molecular complexity index is 1600. The first-order valence-corrected chi connectivity index (χ1v) is 13.3. The van der Waals surface area contributed by atoms with Crippen LogP contribution in [0.25, 0.3) is 11.4 Å². The Morgan fingerprint density at radius 3 is 2.60 bits per heavy atom. The van der Waals surface area contributed by atoms with Gasteiger partial charge in [0.15, 0.2) is 0 Å². The molecule has 204 valence electrons. The molecule has 1 unspecified atom stereocenters. The zero-order valence-electron chi connectivity index (χ0n) is 21.8. The minimum Gasteiger partial charge on any atom is -0.383 e. The third kappa shape index (κ3) is 4.88. The number of hydrogen-bond donors (Lipinski definition) is 2. The standard InChI is InChI=1S/C30H27ClFN5O3/c1-35-26(37-12-11-25(38)34-30(37)40)14-33-29(35)20-9-10-21-16-36(17-22(21)13-20)15-18-5-7-19(8-6-18)28(39)27-23(31)3-2-4-24(27)32/h2-10,13-14,28,39H,11-12,15-17H2,1H3,(H,34,38,40). The summed E-state index contributed by atoms with van der Waals surface area (Å²) in [6.07, 6.45) is 0.769. The van der Waals surface area contributed by atoms with Crippen LogP contribution in [0.5, 0.6) is 0 Å². The van der Waals surface area contributed by atoms with Crippen molar-refractivity contribution in [2.45, 2.75) is 32.2 Å². The van der Waals surface area contributed by atoms with Crippen molar-refractivity contribution < 1.29 is 19.1 Å². The number of amides is 3. The van der Waals surface area contributed by atoms with Crippen LogP contribution in [0, 0.1) is 5.82 Å². The lowest BCUT2D eigenvalue weighted by atomic mass is 9.99. The number of anilines is 1. The van der Waals surface area contributed by atoms with Crippen molar-refractivity contribution >= 4 is 29.4 Å². The third-order valence-electron chi connectivity index (χ3n) is 7.52. The van der Waals surface area contributed by atoms with Gasteiger partial charge in [0.1, 0.15) is 23.6 Å². The Morgan fingerprint density at radius 1 is 1.07 bits per heavy atom. The first kappa shape index (κ1) is 26.2. The van der Waals surface area contributed by atoms with E-state index >= 15 is 0 Å². The minimum absolute atomic E-state index is 0.0804. The van der Waals surface area contributed by atoms with E-state index in [0.717, 1.165) is 36.6 Å². The molecular weight excluding hydrogens is 533 g/mol. The Morgan fingerprint density at radius 2 is 1.85 bits per heavy atom. The maximum absolute atomic E-state index is 14.3. The van der Waals surface area contributed by atoms with Gasteiger partial charge >= 0.3 is 6.03 Å². The molecule has 3 aromatic carbocycles. The van der Waals surface area contributed by atoms with Crippen LogP contribution in [0.15, 0.2) is 66.9 Å². The molecule has 2 N–H and O–H groups in total. The zero-order valence-corrected chi connectivity index (χ0v) is 22.5. The number of urea groups is 1. The third-order valence-corrected chi connectivity index (χ3v) is 7.85. The lowest BCUT2D eigenvalue weighted by Crippen LogP contribution is -2.50. The summed E-state index contributed by atoms with van der Waals surface area (Å²) in [6, 6.07) is 17.7. The largest absolute Gasteiger partial charge is 0.383 e. The summed E-state index contributed by atoms with van der Waals surface area (Å²) in [5.41, 5.74) is 5.14. The monoisotopic (exact) mass is 559 g/mol. The molecule has 6 rings (SSSR count). The normalized spacial score (nSPS) is 16.2. The van der Waals surface area contributed by atoms with Gasteiger partial charge in [-0.25, -0.2) is 14.2 Å². The Balaban J connectivity index is 1.14. The van der Waals surface area contributed by atoms with Crippen LogP contribution in [-0.2, 0) is 31.5 Å². The molecule has 1 saturated heterocycles. The van der Waals surface area contributed by atoms with Gasteiger partial charge in [-0.2, -0.15) is 0 Å². The molecule has 4 aromatic rings. The van der Waals surface area contributed by atoms with Crippen molar-refractivity contribution in [2.75, 3.05) is 11.4 Å². The number of nitrogens with zero attached hydrogens (tertiary/aromatic N) is 4. The van der Waals surface area contributed by atoms with Crippen molar-refractivity contribution in [1.82, 2.24) is 19.8 Å². The number of benzene rings is 3. The summed E-state index contributed by atoms with van der Waals surface area (Å²) >= 11 is 6.13. The SMILES string of the molecule is Cn1c(N2CCC(=O)NC2=O)cnc1-c1ccc2c(c1)CN(Cc1ccc(C(O)c3c(F)cccc3Cl)cc1)C2. The lowest BCUT2D eigenvalue weighted by Gasteiger charge is -2.26. The van der Waals surface area contributed by atoms with E-state index in [4.69, 9.17) is 11.6 Å². The second kappa shape index (κ2) is 10.5. The van der Waals surface area contributed by atoms with E-state index in [1.165, 1.54) is 28.2 Å². The second-order valence-corrected chi connectivity index (χ2v) is 10.6. The molecule has 1 atom stereocenters. The predicted molar refractivity (Wildman–Crippen MR) is 149 cm³/mol. The van der Waals surface area contributed by atoms with Gasteiger partial charge in [-0.1, -0.05) is 54.1 Å². The Kier molecular flexibility index (Phi) is 6.87. The van der Waals surface area contributed by atoms with Gasteiger partial charge < -0.3 is 9.67 Å². The molecule has 8 nitrogen and oxygen atoms in total. The lowest BCUT2D eigenvalue weighted by molar-refractivity contribution is -0.120. The number of carbonyl (C=O) groups is 2. The molecular formula is C30H27ClFN5O3. The number of rotatable bonds is 6. The van der Waals surface area contributed by atoms with Gasteiger partial charge in [0.2, 0.25) is 5.91 Å². The van der Waals surface area contributed by atoms with Crippen molar-refractivity contribution in [3.05, 3.63) is 106 Å². The quantitative estimate of drug-likeness (QED) is 0.350. The number of aromatic nitrogens is 2. The first-order chi connectivity index (χ1) is 19.3. The summed E-state index contributed by atoms with van der Waals surface area (Å²) in [5.74, 6) is 0.569. The van der Waals surface area contributed by atoms with E-state index in [9.17, 15) is 19.1 Å². The highest BCUT2D eigenvalue weighted by Crippen LogP contribution is 2.33. The molecule has 2 aliphatic heterocycles. The number of carbonyl (C=O) groups excluding carboxylic acids is 2. The van der Waals surface area contributed by atoms with Gasteiger partial charge in [0.05, 0.1) is 6.20 Å². The molecule has 3 heterocycles. The van der Waals surface area contributed by atoms with Crippen molar-refractivity contribution in [1.29, 1.82) is 0 Å². The van der Waals surface area contributed by atoms with E-state index < -0.39 is 18.0 Å². The Hall–Kier alpha value is -4.05. The van der Waals surface area contributed by atoms with Crippen LogP contribution in [0.4, 0.5) is 15.0 Å². The van der Waals surface area contributed by atoms with Crippen LogP contribution < -0.4 is 10.2 Å². The summed E-state index contributed by atoms with van der Waals surface area (Å²) in [7, 11) is 1.86. The molecule has 10 heteroatoms. The fourth-order valence-electron chi connectivity index (χ4n) is 5.42. The van der Waals surface area contributed by atoms with Crippen LogP contribution in [-0.4, -0.2) is 38.0 Å². The molecule has 0 spiro atoms. The molecule has 0 radical (unpaired) electrons. The van der Waals surface area contributed by atoms with E-state index in [2.05, 4.69) is 27.3 Å². The highest BCUT2D eigenvalue weighted by atomic mass is 35.5. The van der Waals surface area contributed by atoms with Crippen LogP contribution in [0.3, 0.4) is 0 Å². The molecule has 2 aliphatic rings. The maximum Gasteiger partial charge on any atom is 0.329 e. The summed E-state index contributed by atoms with van der Waals surface area (Å²) in [5, 5.41) is 13.3. The molecule has 40 heavy (non-hydrogen) atoms. The molecule has 0 bridgehead atoms. The summed E-state index contributed by atoms with van der Waals surface area (Å²) in [4.78, 5) is 32.2.